The quantitative estimate of drug-likeness (QED) is 0.200. The molecule has 2 rings (SSSR count). The Bertz CT molecular complexity index is 677. The van der Waals surface area contributed by atoms with Crippen LogP contribution in [-0.2, 0) is 11.3 Å². The fraction of sp³-hybridized carbons (Fsp3) is 0.409. The minimum Gasteiger partial charge on any atom is -0.383 e. The normalized spacial score (nSPS) is 12.0. The van der Waals surface area contributed by atoms with E-state index in [2.05, 4.69) is 78.3 Å². The molecule has 6 heteroatoms. The van der Waals surface area contributed by atoms with Gasteiger partial charge >= 0.3 is 0 Å². The molecule has 0 spiro atoms. The van der Waals surface area contributed by atoms with Crippen molar-refractivity contribution in [1.29, 1.82) is 0 Å². The molecule has 0 heterocycles. The number of nitrogens with zero attached hydrogens (tertiary/aromatic N) is 1. The van der Waals surface area contributed by atoms with Gasteiger partial charge < -0.3 is 20.7 Å². The van der Waals surface area contributed by atoms with E-state index in [1.54, 1.807) is 7.11 Å². The van der Waals surface area contributed by atoms with E-state index in [0.717, 1.165) is 31.3 Å². The fourth-order valence-electron chi connectivity index (χ4n) is 2.69. The lowest BCUT2D eigenvalue weighted by Crippen LogP contribution is -2.39. The van der Waals surface area contributed by atoms with Crippen LogP contribution in [0.1, 0.15) is 30.9 Å². The van der Waals surface area contributed by atoms with E-state index < -0.39 is 0 Å². The van der Waals surface area contributed by atoms with Gasteiger partial charge in [0, 0.05) is 32.4 Å². The SMILES string of the molecule is CCNC(=NCc1ccc(NCCOC)cc1)NCC(C)c1ccccc1.I. The third-order valence-corrected chi connectivity index (χ3v) is 4.30. The molecule has 0 saturated heterocycles. The summed E-state index contributed by atoms with van der Waals surface area (Å²) in [5, 5.41) is 10.1. The summed E-state index contributed by atoms with van der Waals surface area (Å²) in [6.07, 6.45) is 0. The van der Waals surface area contributed by atoms with Gasteiger partial charge in [0.05, 0.1) is 13.2 Å². The molecule has 2 aromatic rings. The maximum Gasteiger partial charge on any atom is 0.191 e. The highest BCUT2D eigenvalue weighted by Crippen LogP contribution is 2.13. The van der Waals surface area contributed by atoms with Gasteiger partial charge in [0.25, 0.3) is 0 Å². The number of aliphatic imine (C=N–C) groups is 1. The smallest absolute Gasteiger partial charge is 0.191 e. The number of hydrogen-bond donors (Lipinski definition) is 3. The van der Waals surface area contributed by atoms with Gasteiger partial charge in [-0.2, -0.15) is 0 Å². The summed E-state index contributed by atoms with van der Waals surface area (Å²) in [5.74, 6) is 1.27. The largest absolute Gasteiger partial charge is 0.383 e. The molecule has 0 radical (unpaired) electrons. The van der Waals surface area contributed by atoms with Crippen molar-refractivity contribution in [1.82, 2.24) is 10.6 Å². The van der Waals surface area contributed by atoms with Crippen LogP contribution in [0.3, 0.4) is 0 Å². The van der Waals surface area contributed by atoms with Crippen molar-refractivity contribution >= 4 is 35.6 Å². The maximum absolute atomic E-state index is 5.05. The molecule has 0 aliphatic heterocycles. The Morgan fingerprint density at radius 2 is 1.75 bits per heavy atom. The number of rotatable bonds is 10. The topological polar surface area (TPSA) is 57.7 Å². The highest BCUT2D eigenvalue weighted by Gasteiger charge is 2.06. The van der Waals surface area contributed by atoms with Gasteiger partial charge in [-0.15, -0.1) is 24.0 Å². The molecular weight excluding hydrogens is 463 g/mol. The highest BCUT2D eigenvalue weighted by atomic mass is 127. The van der Waals surface area contributed by atoms with Crippen LogP contribution in [0.25, 0.3) is 0 Å². The van der Waals surface area contributed by atoms with E-state index in [4.69, 9.17) is 9.73 Å². The molecule has 28 heavy (non-hydrogen) atoms. The van der Waals surface area contributed by atoms with Crippen molar-refractivity contribution in [2.45, 2.75) is 26.3 Å². The molecule has 1 unspecified atom stereocenters. The number of hydrogen-bond acceptors (Lipinski definition) is 3. The number of halogens is 1. The Morgan fingerprint density at radius 3 is 2.39 bits per heavy atom. The van der Waals surface area contributed by atoms with Gasteiger partial charge in [-0.05, 0) is 36.1 Å². The van der Waals surface area contributed by atoms with Crippen LogP contribution in [-0.4, -0.2) is 39.3 Å². The lowest BCUT2D eigenvalue weighted by Gasteiger charge is -2.16. The van der Waals surface area contributed by atoms with Gasteiger partial charge in [0.2, 0.25) is 0 Å². The second-order valence-electron chi connectivity index (χ2n) is 6.50. The zero-order chi connectivity index (χ0) is 19.3. The van der Waals surface area contributed by atoms with E-state index in [-0.39, 0.29) is 24.0 Å². The molecule has 0 amide bonds. The van der Waals surface area contributed by atoms with E-state index in [1.165, 1.54) is 11.1 Å². The zero-order valence-electron chi connectivity index (χ0n) is 17.1. The molecule has 3 N–H and O–H groups in total. The summed E-state index contributed by atoms with van der Waals surface area (Å²) in [6, 6.07) is 18.9. The molecule has 0 fully saturated rings. The van der Waals surface area contributed by atoms with E-state index in [1.807, 2.05) is 6.07 Å². The molecular formula is C22H33IN4O. The predicted molar refractivity (Wildman–Crippen MR) is 130 cm³/mol. The number of methoxy groups -OCH3 is 1. The van der Waals surface area contributed by atoms with Crippen molar-refractivity contribution in [2.75, 3.05) is 38.7 Å². The molecule has 0 bridgehead atoms. The average molecular weight is 496 g/mol. The molecule has 2 aromatic carbocycles. The molecule has 0 aromatic heterocycles. The van der Waals surface area contributed by atoms with Gasteiger partial charge in [-0.25, -0.2) is 4.99 Å². The van der Waals surface area contributed by atoms with Gasteiger partial charge in [0.1, 0.15) is 0 Å². The Hall–Kier alpha value is -1.80. The highest BCUT2D eigenvalue weighted by molar-refractivity contribution is 14.0. The first-order valence-electron chi connectivity index (χ1n) is 9.61. The van der Waals surface area contributed by atoms with Crippen molar-refractivity contribution in [3.8, 4) is 0 Å². The monoisotopic (exact) mass is 496 g/mol. The number of anilines is 1. The first kappa shape index (κ1) is 24.2. The lowest BCUT2D eigenvalue weighted by molar-refractivity contribution is 0.211. The number of benzene rings is 2. The number of ether oxygens (including phenoxy) is 1. The third-order valence-electron chi connectivity index (χ3n) is 4.30. The second kappa shape index (κ2) is 14.2. The molecule has 1 atom stereocenters. The summed E-state index contributed by atoms with van der Waals surface area (Å²) in [7, 11) is 1.71. The summed E-state index contributed by atoms with van der Waals surface area (Å²) in [4.78, 5) is 4.71. The Morgan fingerprint density at radius 1 is 1.04 bits per heavy atom. The van der Waals surface area contributed by atoms with Crippen molar-refractivity contribution in [2.24, 2.45) is 4.99 Å². The average Bonchev–Trinajstić information content (AvgIpc) is 2.71. The molecule has 0 aliphatic carbocycles. The fourth-order valence-corrected chi connectivity index (χ4v) is 2.69. The zero-order valence-corrected chi connectivity index (χ0v) is 19.4. The van der Waals surface area contributed by atoms with Crippen LogP contribution in [0.5, 0.6) is 0 Å². The van der Waals surface area contributed by atoms with Crippen LogP contribution in [0.15, 0.2) is 59.6 Å². The van der Waals surface area contributed by atoms with Gasteiger partial charge in [-0.3, -0.25) is 0 Å². The summed E-state index contributed by atoms with van der Waals surface area (Å²) < 4.78 is 5.05. The standard InChI is InChI=1S/C22H32N4O.HI/c1-4-23-22(25-16-18(2)20-8-6-5-7-9-20)26-17-19-10-12-21(13-11-19)24-14-15-27-3;/h5-13,18,24H,4,14-17H2,1-3H3,(H2,23,25,26);1H. The minimum absolute atomic E-state index is 0. The van der Waals surface area contributed by atoms with Crippen molar-refractivity contribution in [3.63, 3.8) is 0 Å². The van der Waals surface area contributed by atoms with Crippen LogP contribution in [0.2, 0.25) is 0 Å². The summed E-state index contributed by atoms with van der Waals surface area (Å²) in [5.41, 5.74) is 3.61. The Labute approximate surface area is 186 Å². The van der Waals surface area contributed by atoms with E-state index in [0.29, 0.717) is 19.1 Å². The summed E-state index contributed by atoms with van der Waals surface area (Å²) in [6.45, 7) is 8.15. The molecule has 154 valence electrons. The number of guanidine groups is 1. The van der Waals surface area contributed by atoms with Crippen LogP contribution < -0.4 is 16.0 Å². The van der Waals surface area contributed by atoms with Gasteiger partial charge in [-0.1, -0.05) is 49.4 Å². The maximum atomic E-state index is 5.05. The summed E-state index contributed by atoms with van der Waals surface area (Å²) >= 11 is 0. The minimum atomic E-state index is 0. The third kappa shape index (κ3) is 8.93. The Kier molecular flexibility index (Phi) is 12.3. The van der Waals surface area contributed by atoms with E-state index in [9.17, 15) is 0 Å². The van der Waals surface area contributed by atoms with Crippen molar-refractivity contribution < 1.29 is 4.74 Å². The molecule has 0 saturated carbocycles. The van der Waals surface area contributed by atoms with Crippen LogP contribution in [0, 0.1) is 0 Å². The molecule has 5 nitrogen and oxygen atoms in total. The first-order chi connectivity index (χ1) is 13.2. The van der Waals surface area contributed by atoms with E-state index >= 15 is 0 Å². The second-order valence-corrected chi connectivity index (χ2v) is 6.50. The van der Waals surface area contributed by atoms with Crippen molar-refractivity contribution in [3.05, 3.63) is 65.7 Å². The predicted octanol–water partition coefficient (Wildman–Crippen LogP) is 4.22. The van der Waals surface area contributed by atoms with Gasteiger partial charge in [0.15, 0.2) is 5.96 Å². The van der Waals surface area contributed by atoms with Crippen LogP contribution >= 0.6 is 24.0 Å². The first-order valence-corrected chi connectivity index (χ1v) is 9.61. The molecule has 0 aliphatic rings. The number of nitrogens with one attached hydrogen (secondary N) is 3. The Balaban J connectivity index is 0.00000392. The lowest BCUT2D eigenvalue weighted by atomic mass is 10.0. The van der Waals surface area contributed by atoms with Crippen LogP contribution in [0.4, 0.5) is 5.69 Å².